The van der Waals surface area contributed by atoms with Crippen molar-refractivity contribution in [3.05, 3.63) is 48.3 Å². The summed E-state index contributed by atoms with van der Waals surface area (Å²) in [5.41, 5.74) is 2.16. The molecule has 1 aliphatic heterocycles. The van der Waals surface area contributed by atoms with Crippen LogP contribution in [0.3, 0.4) is 0 Å². The minimum Gasteiger partial charge on any atom is -0.467 e. The number of hydrogen-bond acceptors (Lipinski definition) is 2. The third-order valence-corrected chi connectivity index (χ3v) is 3.90. The van der Waals surface area contributed by atoms with E-state index in [2.05, 4.69) is 12.1 Å². The van der Waals surface area contributed by atoms with Crippen LogP contribution in [0.25, 0.3) is 0 Å². The van der Waals surface area contributed by atoms with Gasteiger partial charge in [0.15, 0.2) is 0 Å². The lowest BCUT2D eigenvalue weighted by molar-refractivity contribution is -0.653. The van der Waals surface area contributed by atoms with E-state index in [9.17, 15) is 4.79 Å². The van der Waals surface area contributed by atoms with E-state index in [1.165, 1.54) is 0 Å². The first kappa shape index (κ1) is 13.0. The Hall–Kier alpha value is -2.04. The Labute approximate surface area is 119 Å². The van der Waals surface area contributed by atoms with Gasteiger partial charge in [-0.1, -0.05) is 30.3 Å². The van der Waals surface area contributed by atoms with Crippen LogP contribution in [0, 0.1) is 0 Å². The molecule has 1 saturated heterocycles. The van der Waals surface area contributed by atoms with Crippen LogP contribution < -0.4 is 10.3 Å². The molecule has 3 rings (SSSR count). The van der Waals surface area contributed by atoms with Gasteiger partial charge in [0.1, 0.15) is 12.4 Å². The Morgan fingerprint density at radius 3 is 2.75 bits per heavy atom. The van der Waals surface area contributed by atoms with Crippen LogP contribution in [-0.2, 0) is 23.6 Å². The van der Waals surface area contributed by atoms with E-state index >= 15 is 0 Å². The van der Waals surface area contributed by atoms with Gasteiger partial charge in [-0.3, -0.25) is 13.9 Å². The molecule has 0 N–H and O–H groups in total. The van der Waals surface area contributed by atoms with E-state index in [0.717, 1.165) is 11.3 Å². The molecule has 2 atom stereocenters. The Kier molecular flexibility index (Phi) is 3.34. The highest BCUT2D eigenvalue weighted by Crippen LogP contribution is 2.35. The van der Waals surface area contributed by atoms with Crippen molar-refractivity contribution in [1.82, 2.24) is 4.57 Å². The van der Waals surface area contributed by atoms with Crippen LogP contribution in [0.15, 0.2) is 42.7 Å². The lowest BCUT2D eigenvalue weighted by Gasteiger charge is -2.24. The number of cyclic esters (lactones) is 1. The molecule has 1 aliphatic rings. The average Bonchev–Trinajstić information content (AvgIpc) is 2.98. The highest BCUT2D eigenvalue weighted by Gasteiger charge is 2.31. The molecule has 0 bridgehead atoms. The van der Waals surface area contributed by atoms with Gasteiger partial charge in [0.25, 0.3) is 5.97 Å². The lowest BCUT2D eigenvalue weighted by Crippen LogP contribution is -2.51. The molecule has 0 amide bonds. The molecule has 0 aliphatic carbocycles. The average molecular weight is 268 g/mol. The van der Waals surface area contributed by atoms with Crippen LogP contribution in [0.4, 0.5) is 0 Å². The second-order valence-electron chi connectivity index (χ2n) is 5.22. The zero-order chi connectivity index (χ0) is 14.1. The number of benzene rings is 1. The van der Waals surface area contributed by atoms with Gasteiger partial charge in [0, 0.05) is 5.72 Å². The number of carbonyl (C=O) groups is 1. The third-order valence-electron chi connectivity index (χ3n) is 3.90. The summed E-state index contributed by atoms with van der Waals surface area (Å²) in [7, 11) is 5.96. The van der Waals surface area contributed by atoms with Crippen LogP contribution in [0.1, 0.15) is 11.5 Å². The zero-order valence-electron chi connectivity index (χ0n) is 11.7. The molecule has 2 heterocycles. The van der Waals surface area contributed by atoms with Crippen molar-refractivity contribution in [2.75, 3.05) is 6.61 Å². The molecule has 2 unspecified atom stereocenters. The summed E-state index contributed by atoms with van der Waals surface area (Å²) in [4.78, 5) is 12.0. The Morgan fingerprint density at radius 1 is 1.35 bits per heavy atom. The van der Waals surface area contributed by atoms with E-state index < -0.39 is 0 Å². The summed E-state index contributed by atoms with van der Waals surface area (Å²) in [6, 6.07) is 10.1. The molecule has 102 valence electrons. The van der Waals surface area contributed by atoms with E-state index in [1.54, 1.807) is 0 Å². The molecular weight excluding hydrogens is 251 g/mol. The second kappa shape index (κ2) is 5.15. The summed E-state index contributed by atoms with van der Waals surface area (Å²) in [6.45, 7) is 0.456. The predicted molar refractivity (Wildman–Crippen MR) is 75.9 cm³/mol. The molecule has 20 heavy (non-hydrogen) atoms. The molecule has 5 heteroatoms. The van der Waals surface area contributed by atoms with Crippen molar-refractivity contribution in [3.63, 3.8) is 0 Å². The summed E-state index contributed by atoms with van der Waals surface area (Å²) >= 11 is 0. The molecular formula is C15H17BN2O2. The fourth-order valence-corrected chi connectivity index (χ4v) is 2.72. The van der Waals surface area contributed by atoms with Crippen molar-refractivity contribution in [1.29, 1.82) is 0 Å². The van der Waals surface area contributed by atoms with Gasteiger partial charge in [-0.2, -0.15) is 7.28 Å². The maximum absolute atomic E-state index is 12.0. The summed E-state index contributed by atoms with van der Waals surface area (Å²) in [5, 5.41) is 0. The van der Waals surface area contributed by atoms with Crippen LogP contribution >= 0.6 is 0 Å². The van der Waals surface area contributed by atoms with Gasteiger partial charge in [-0.15, -0.1) is 5.82 Å². The van der Waals surface area contributed by atoms with Gasteiger partial charge < -0.3 is 4.74 Å². The largest absolute Gasteiger partial charge is 0.467 e. The number of imidazole rings is 1. The molecule has 0 saturated carbocycles. The predicted octanol–water partition coefficient (Wildman–Crippen LogP) is 0.308. The fourth-order valence-electron chi connectivity index (χ4n) is 2.72. The van der Waals surface area contributed by atoms with E-state index in [4.69, 9.17) is 4.74 Å². The van der Waals surface area contributed by atoms with Crippen molar-refractivity contribution >= 4 is 19.0 Å². The molecule has 4 nitrogen and oxygen atoms in total. The van der Waals surface area contributed by atoms with E-state index in [-0.39, 0.29) is 17.7 Å². The van der Waals surface area contributed by atoms with Crippen molar-refractivity contribution in [2.45, 2.75) is 11.7 Å². The topological polar surface area (TPSA) is 35.1 Å². The minimum absolute atomic E-state index is 0.0959. The first-order valence-electron chi connectivity index (χ1n) is 6.74. The quantitative estimate of drug-likeness (QED) is 0.456. The standard InChI is InChI=1S/C15H17BN2O2/c1-17-8-9-18(2)15(17)16-13-12(10-20-14(13)19)11-6-4-3-5-7-11/h3-9,12-13H,10H2,1-2H3. The number of aryl methyl sites for hydroxylation is 2. The SMILES string of the molecule is Cn1cc[n+](C)c1[B-]C1C(=O)OCC1c1ccccc1. The van der Waals surface area contributed by atoms with Gasteiger partial charge in [-0.25, -0.2) is 0 Å². The van der Waals surface area contributed by atoms with Gasteiger partial charge in [-0.05, 0) is 11.5 Å². The number of aromatic nitrogens is 2. The Morgan fingerprint density at radius 2 is 2.10 bits per heavy atom. The first-order chi connectivity index (χ1) is 9.66. The van der Waals surface area contributed by atoms with Gasteiger partial charge in [0.05, 0.1) is 20.7 Å². The number of ether oxygens (including phenoxy) is 1. The van der Waals surface area contributed by atoms with Gasteiger partial charge in [0.2, 0.25) is 0 Å². The summed E-state index contributed by atoms with van der Waals surface area (Å²) in [6.07, 6.45) is 3.95. The maximum Gasteiger partial charge on any atom is 0.268 e. The first-order valence-corrected chi connectivity index (χ1v) is 6.74. The van der Waals surface area contributed by atoms with Crippen LogP contribution in [-0.4, -0.2) is 24.4 Å². The number of rotatable bonds is 3. The maximum atomic E-state index is 12.0. The van der Waals surface area contributed by atoms with Crippen molar-refractivity contribution < 1.29 is 14.1 Å². The molecule has 1 aromatic carbocycles. The molecule has 2 radical (unpaired) electrons. The number of esters is 1. The van der Waals surface area contributed by atoms with E-state index in [1.807, 2.05) is 61.1 Å². The van der Waals surface area contributed by atoms with Gasteiger partial charge >= 0.3 is 0 Å². The number of nitrogens with zero attached hydrogens (tertiary/aromatic N) is 2. The van der Waals surface area contributed by atoms with E-state index in [0.29, 0.717) is 6.61 Å². The van der Waals surface area contributed by atoms with Crippen molar-refractivity contribution in [2.24, 2.45) is 14.1 Å². The molecule has 1 aromatic heterocycles. The van der Waals surface area contributed by atoms with Crippen molar-refractivity contribution in [3.8, 4) is 0 Å². The normalized spacial score (nSPS) is 22.0. The lowest BCUT2D eigenvalue weighted by atomic mass is 9.58. The second-order valence-corrected chi connectivity index (χ2v) is 5.22. The Bertz CT molecular complexity index is 605. The van der Waals surface area contributed by atoms with Crippen LogP contribution in [0.5, 0.6) is 0 Å². The fraction of sp³-hybridized carbons (Fsp3) is 0.333. The highest BCUT2D eigenvalue weighted by atomic mass is 16.5. The molecule has 2 aromatic rings. The minimum atomic E-state index is -0.225. The number of carbonyl (C=O) groups excluding carboxylic acids is 1. The monoisotopic (exact) mass is 268 g/mol. The summed E-state index contributed by atoms with van der Waals surface area (Å²) < 4.78 is 9.29. The van der Waals surface area contributed by atoms with Crippen LogP contribution in [0.2, 0.25) is 5.82 Å². The third kappa shape index (κ3) is 2.24. The zero-order valence-corrected chi connectivity index (χ0v) is 11.7. The molecule has 0 spiro atoms. The number of hydrogen-bond donors (Lipinski definition) is 0. The molecule has 1 fully saturated rings. The summed E-state index contributed by atoms with van der Waals surface area (Å²) in [5.74, 6) is -0.268. The smallest absolute Gasteiger partial charge is 0.268 e. The highest BCUT2D eigenvalue weighted by molar-refractivity contribution is 6.56. The Balaban J connectivity index is 1.88.